The van der Waals surface area contributed by atoms with Crippen molar-refractivity contribution >= 4 is 21.6 Å². The number of hydrogen-bond acceptors (Lipinski definition) is 3. The zero-order chi connectivity index (χ0) is 19.3. The molecule has 2 aromatic carbocycles. The predicted octanol–water partition coefficient (Wildman–Crippen LogP) is 3.74. The molecule has 0 aliphatic heterocycles. The largest absolute Gasteiger partial charge is 0.350 e. The number of rotatable bonds is 7. The minimum Gasteiger partial charge on any atom is -0.350 e. The van der Waals surface area contributed by atoms with E-state index in [1.807, 2.05) is 13.8 Å². The van der Waals surface area contributed by atoms with Crippen LogP contribution in [-0.2, 0) is 10.0 Å². The standard InChI is InChI=1S/C20H26N2O3S/c1-5-8-16(3)21-20(23)18-9-6-7-10-19(18)22(4)26(24,25)17-13-11-15(2)12-14-17/h6-7,9-14,16H,5,8H2,1-4H3,(H,21,23)/t16-/m1/s1. The van der Waals surface area contributed by atoms with Gasteiger partial charge in [0.1, 0.15) is 0 Å². The lowest BCUT2D eigenvalue weighted by molar-refractivity contribution is 0.0939. The Morgan fingerprint density at radius 1 is 1.12 bits per heavy atom. The van der Waals surface area contributed by atoms with Gasteiger partial charge in [-0.3, -0.25) is 9.10 Å². The van der Waals surface area contributed by atoms with E-state index in [1.54, 1.807) is 48.5 Å². The average Bonchev–Trinajstić information content (AvgIpc) is 2.61. The van der Waals surface area contributed by atoms with Gasteiger partial charge in [-0.1, -0.05) is 43.2 Å². The summed E-state index contributed by atoms with van der Waals surface area (Å²) in [7, 11) is -2.28. The zero-order valence-corrected chi connectivity index (χ0v) is 16.5. The Morgan fingerprint density at radius 2 is 1.73 bits per heavy atom. The molecule has 0 aromatic heterocycles. The molecule has 0 aliphatic carbocycles. The number of sulfonamides is 1. The molecule has 0 unspecified atom stereocenters. The number of benzene rings is 2. The molecule has 1 atom stereocenters. The van der Waals surface area contributed by atoms with E-state index < -0.39 is 10.0 Å². The number of carbonyl (C=O) groups excluding carboxylic acids is 1. The first-order valence-corrected chi connectivity index (χ1v) is 10.2. The Labute approximate surface area is 156 Å². The number of hydrogen-bond donors (Lipinski definition) is 1. The molecule has 0 aliphatic rings. The van der Waals surface area contributed by atoms with Crippen molar-refractivity contribution < 1.29 is 13.2 Å². The maximum atomic E-state index is 12.9. The molecule has 0 fully saturated rings. The highest BCUT2D eigenvalue weighted by molar-refractivity contribution is 7.92. The smallest absolute Gasteiger partial charge is 0.264 e. The van der Waals surface area contributed by atoms with Crippen LogP contribution in [-0.4, -0.2) is 27.4 Å². The molecule has 6 heteroatoms. The lowest BCUT2D eigenvalue weighted by Crippen LogP contribution is -2.34. The molecule has 0 heterocycles. The first-order valence-electron chi connectivity index (χ1n) is 8.73. The van der Waals surface area contributed by atoms with Gasteiger partial charge in [-0.2, -0.15) is 0 Å². The van der Waals surface area contributed by atoms with Crippen LogP contribution in [0.25, 0.3) is 0 Å². The summed E-state index contributed by atoms with van der Waals surface area (Å²) in [6, 6.07) is 13.4. The van der Waals surface area contributed by atoms with E-state index in [2.05, 4.69) is 12.2 Å². The van der Waals surface area contributed by atoms with Gasteiger partial charge in [0.25, 0.3) is 15.9 Å². The summed E-state index contributed by atoms with van der Waals surface area (Å²) in [5.74, 6) is -0.271. The number of anilines is 1. The number of carbonyl (C=O) groups is 1. The quantitative estimate of drug-likeness (QED) is 0.803. The van der Waals surface area contributed by atoms with Crippen LogP contribution in [0.1, 0.15) is 42.6 Å². The summed E-state index contributed by atoms with van der Waals surface area (Å²) in [5, 5.41) is 2.93. The predicted molar refractivity (Wildman–Crippen MR) is 105 cm³/mol. The third-order valence-corrected chi connectivity index (χ3v) is 6.05. The Kier molecular flexibility index (Phi) is 6.42. The fourth-order valence-corrected chi connectivity index (χ4v) is 3.96. The van der Waals surface area contributed by atoms with Gasteiger partial charge in [0.05, 0.1) is 16.1 Å². The highest BCUT2D eigenvalue weighted by Gasteiger charge is 2.25. The second-order valence-electron chi connectivity index (χ2n) is 6.47. The van der Waals surface area contributed by atoms with Crippen molar-refractivity contribution in [2.45, 2.75) is 44.6 Å². The first-order chi connectivity index (χ1) is 12.3. The summed E-state index contributed by atoms with van der Waals surface area (Å²) in [5.41, 5.74) is 1.68. The molecular formula is C20H26N2O3S. The third kappa shape index (κ3) is 4.43. The van der Waals surface area contributed by atoms with Crippen molar-refractivity contribution in [2.24, 2.45) is 0 Å². The lowest BCUT2D eigenvalue weighted by atomic mass is 10.1. The van der Waals surface area contributed by atoms with E-state index in [0.29, 0.717) is 11.3 Å². The van der Waals surface area contributed by atoms with Crippen LogP contribution in [0.5, 0.6) is 0 Å². The number of para-hydroxylation sites is 1. The van der Waals surface area contributed by atoms with Crippen molar-refractivity contribution in [3.63, 3.8) is 0 Å². The fourth-order valence-electron chi connectivity index (χ4n) is 2.74. The molecular weight excluding hydrogens is 348 g/mol. The Morgan fingerprint density at radius 3 is 2.35 bits per heavy atom. The Hall–Kier alpha value is -2.34. The van der Waals surface area contributed by atoms with E-state index in [1.165, 1.54) is 7.05 Å². The van der Waals surface area contributed by atoms with E-state index in [-0.39, 0.29) is 16.8 Å². The van der Waals surface area contributed by atoms with Crippen molar-refractivity contribution in [1.82, 2.24) is 5.32 Å². The first kappa shape index (κ1) is 20.0. The van der Waals surface area contributed by atoms with Crippen LogP contribution in [0.3, 0.4) is 0 Å². The van der Waals surface area contributed by atoms with E-state index >= 15 is 0 Å². The molecule has 26 heavy (non-hydrogen) atoms. The zero-order valence-electron chi connectivity index (χ0n) is 15.7. The number of aryl methyl sites for hydroxylation is 1. The van der Waals surface area contributed by atoms with Crippen LogP contribution in [0.2, 0.25) is 0 Å². The van der Waals surface area contributed by atoms with E-state index in [0.717, 1.165) is 22.7 Å². The minimum atomic E-state index is -3.75. The van der Waals surface area contributed by atoms with Crippen molar-refractivity contribution in [3.05, 3.63) is 59.7 Å². The summed E-state index contributed by atoms with van der Waals surface area (Å²) >= 11 is 0. The van der Waals surface area contributed by atoms with Crippen LogP contribution in [0, 0.1) is 6.92 Å². The van der Waals surface area contributed by atoms with E-state index in [9.17, 15) is 13.2 Å². The van der Waals surface area contributed by atoms with Crippen molar-refractivity contribution in [1.29, 1.82) is 0 Å². The topological polar surface area (TPSA) is 66.5 Å². The third-order valence-electron chi connectivity index (χ3n) is 4.27. The van der Waals surface area contributed by atoms with E-state index in [4.69, 9.17) is 0 Å². The minimum absolute atomic E-state index is 0.0274. The maximum absolute atomic E-state index is 12.9. The molecule has 1 N–H and O–H groups in total. The van der Waals surface area contributed by atoms with Crippen LogP contribution < -0.4 is 9.62 Å². The van der Waals surface area contributed by atoms with Crippen molar-refractivity contribution in [3.8, 4) is 0 Å². The molecule has 2 rings (SSSR count). The van der Waals surface area contributed by atoms with Gasteiger partial charge in [0.2, 0.25) is 0 Å². The maximum Gasteiger partial charge on any atom is 0.264 e. The molecule has 0 spiro atoms. The molecule has 0 saturated carbocycles. The van der Waals surface area contributed by atoms with Crippen LogP contribution in [0.4, 0.5) is 5.69 Å². The summed E-state index contributed by atoms with van der Waals surface area (Å²) < 4.78 is 27.0. The van der Waals surface area contributed by atoms with Gasteiger partial charge >= 0.3 is 0 Å². The van der Waals surface area contributed by atoms with Gasteiger partial charge in [0, 0.05) is 13.1 Å². The second-order valence-corrected chi connectivity index (χ2v) is 8.44. The molecule has 0 bridgehead atoms. The number of nitrogens with zero attached hydrogens (tertiary/aromatic N) is 1. The fraction of sp³-hybridized carbons (Fsp3) is 0.350. The molecule has 140 valence electrons. The van der Waals surface area contributed by atoms with Gasteiger partial charge in [0.15, 0.2) is 0 Å². The Balaban J connectivity index is 2.36. The van der Waals surface area contributed by atoms with Crippen LogP contribution in [0.15, 0.2) is 53.4 Å². The monoisotopic (exact) mass is 374 g/mol. The lowest BCUT2D eigenvalue weighted by Gasteiger charge is -2.23. The van der Waals surface area contributed by atoms with Gasteiger partial charge in [-0.15, -0.1) is 0 Å². The molecule has 2 aromatic rings. The van der Waals surface area contributed by atoms with Gasteiger partial charge < -0.3 is 5.32 Å². The molecule has 0 radical (unpaired) electrons. The second kappa shape index (κ2) is 8.36. The summed E-state index contributed by atoms with van der Waals surface area (Å²) in [6.07, 6.45) is 1.83. The summed E-state index contributed by atoms with van der Waals surface area (Å²) in [6.45, 7) is 5.90. The van der Waals surface area contributed by atoms with Gasteiger partial charge in [-0.25, -0.2) is 8.42 Å². The molecule has 1 amide bonds. The Bertz CT molecular complexity index is 861. The molecule has 5 nitrogen and oxygen atoms in total. The van der Waals surface area contributed by atoms with Gasteiger partial charge in [-0.05, 0) is 44.5 Å². The van der Waals surface area contributed by atoms with Crippen molar-refractivity contribution in [2.75, 3.05) is 11.4 Å². The number of amides is 1. The van der Waals surface area contributed by atoms with Crippen LogP contribution >= 0.6 is 0 Å². The summed E-state index contributed by atoms with van der Waals surface area (Å²) in [4.78, 5) is 12.8. The SMILES string of the molecule is CCC[C@@H](C)NC(=O)c1ccccc1N(C)S(=O)(=O)c1ccc(C)cc1. The molecule has 0 saturated heterocycles. The normalized spacial score (nSPS) is 12.5. The number of nitrogens with one attached hydrogen (secondary N) is 1. The highest BCUT2D eigenvalue weighted by atomic mass is 32.2. The highest BCUT2D eigenvalue weighted by Crippen LogP contribution is 2.26. The average molecular weight is 375 g/mol.